The van der Waals surface area contributed by atoms with Crippen molar-refractivity contribution in [1.29, 1.82) is 0 Å². The zero-order chi connectivity index (χ0) is 45.8. The molecule has 16 heteroatoms. The number of amides is 1. The molecule has 334 valence electrons. The number of hydrogen-bond donors (Lipinski definition) is 4. The molecule has 4 N–H and O–H groups in total. The van der Waals surface area contributed by atoms with Crippen LogP contribution in [-0.4, -0.2) is 105 Å². The number of ketones is 1. The monoisotopic (exact) mass is 887 g/mol. The van der Waals surface area contributed by atoms with Crippen molar-refractivity contribution in [3.8, 4) is 0 Å². The van der Waals surface area contributed by atoms with E-state index in [0.717, 1.165) is 13.8 Å². The summed E-state index contributed by atoms with van der Waals surface area (Å²) in [6, 6.07) is 20.6. The quantitative estimate of drug-likeness (QED) is 0.126. The number of benzene rings is 3. The fourth-order valence-corrected chi connectivity index (χ4v) is 10.3. The van der Waals surface area contributed by atoms with Crippen LogP contribution in [0.25, 0.3) is 0 Å². The zero-order valence-corrected chi connectivity index (χ0v) is 36.3. The van der Waals surface area contributed by atoms with E-state index in [1.54, 1.807) is 62.4 Å². The number of halogens is 1. The van der Waals surface area contributed by atoms with Crippen LogP contribution in [0.5, 0.6) is 0 Å². The van der Waals surface area contributed by atoms with Gasteiger partial charge in [0.2, 0.25) is 0 Å². The largest absolute Gasteiger partial charge is 0.456 e. The first-order valence-corrected chi connectivity index (χ1v) is 21.0. The summed E-state index contributed by atoms with van der Waals surface area (Å²) in [5, 5.41) is 40.6. The van der Waals surface area contributed by atoms with Gasteiger partial charge >= 0.3 is 23.9 Å². The molecule has 1 aliphatic heterocycles. The van der Waals surface area contributed by atoms with E-state index in [9.17, 15) is 39.3 Å². The lowest BCUT2D eigenvalue weighted by Gasteiger charge is -2.67. The second-order valence-corrected chi connectivity index (χ2v) is 17.9. The van der Waals surface area contributed by atoms with Crippen LogP contribution >= 0.6 is 11.6 Å². The van der Waals surface area contributed by atoms with E-state index in [-0.39, 0.29) is 40.9 Å². The van der Waals surface area contributed by atoms with Gasteiger partial charge in [-0.05, 0) is 67.0 Å². The second kappa shape index (κ2) is 16.9. The van der Waals surface area contributed by atoms with Crippen molar-refractivity contribution in [2.45, 2.75) is 108 Å². The third-order valence-electron chi connectivity index (χ3n) is 13.6. The topological polar surface area (TPSA) is 221 Å². The average Bonchev–Trinajstić information content (AvgIpc) is 3.24. The molecule has 63 heavy (non-hydrogen) atoms. The van der Waals surface area contributed by atoms with Crippen molar-refractivity contribution < 1.29 is 67.8 Å². The number of carbonyl (C=O) groups is 6. The molecule has 2 bridgehead atoms. The molecule has 1 heterocycles. The van der Waals surface area contributed by atoms with E-state index >= 15 is 4.79 Å². The van der Waals surface area contributed by atoms with E-state index in [4.69, 9.17) is 35.3 Å². The Bertz CT molecular complexity index is 2340. The lowest BCUT2D eigenvalue weighted by atomic mass is 9.44. The molecular weight excluding hydrogens is 838 g/mol. The minimum atomic E-state index is -2.41. The number of Topliss-reactive ketones (excluding diaryl/α,β-unsaturated/α-hetero) is 1. The molecule has 3 aromatic rings. The molecule has 3 aromatic carbocycles. The van der Waals surface area contributed by atoms with Crippen molar-refractivity contribution in [3.05, 3.63) is 118 Å². The van der Waals surface area contributed by atoms with Gasteiger partial charge in [0.05, 0.1) is 35.6 Å². The first-order chi connectivity index (χ1) is 29.7. The fourth-order valence-electron chi connectivity index (χ4n) is 10.2. The van der Waals surface area contributed by atoms with Gasteiger partial charge in [-0.25, -0.2) is 9.59 Å². The van der Waals surface area contributed by atoms with Crippen molar-refractivity contribution in [2.24, 2.45) is 16.7 Å². The molecule has 3 aliphatic carbocycles. The van der Waals surface area contributed by atoms with Gasteiger partial charge in [-0.3, -0.25) is 19.2 Å². The Morgan fingerprint density at radius 2 is 1.46 bits per heavy atom. The van der Waals surface area contributed by atoms with E-state index in [1.807, 2.05) is 0 Å². The predicted molar refractivity (Wildman–Crippen MR) is 223 cm³/mol. The molecule has 0 aromatic heterocycles. The van der Waals surface area contributed by atoms with Crippen LogP contribution in [0.1, 0.15) is 86.7 Å². The summed E-state index contributed by atoms with van der Waals surface area (Å²) in [5.74, 6) is -6.95. The summed E-state index contributed by atoms with van der Waals surface area (Å²) in [4.78, 5) is 83.6. The Balaban J connectivity index is 1.39. The molecule has 15 nitrogen and oxygen atoms in total. The van der Waals surface area contributed by atoms with Crippen molar-refractivity contribution in [1.82, 2.24) is 5.32 Å². The summed E-state index contributed by atoms with van der Waals surface area (Å²) < 4.78 is 30.3. The Labute approximate surface area is 368 Å². The van der Waals surface area contributed by atoms with Crippen LogP contribution in [0.3, 0.4) is 0 Å². The van der Waals surface area contributed by atoms with Gasteiger partial charge in [0, 0.05) is 42.7 Å². The van der Waals surface area contributed by atoms with Crippen LogP contribution < -0.4 is 5.32 Å². The van der Waals surface area contributed by atoms with Crippen LogP contribution in [0.4, 0.5) is 0 Å². The zero-order valence-electron chi connectivity index (χ0n) is 35.5. The Hall–Kier alpha value is -5.45. The third-order valence-corrected chi connectivity index (χ3v) is 13.8. The summed E-state index contributed by atoms with van der Waals surface area (Å²) in [6.07, 6.45) is -10.7. The van der Waals surface area contributed by atoms with Crippen LogP contribution in [0, 0.1) is 16.7 Å². The number of carbonyl (C=O) groups excluding carboxylic acids is 6. The molecule has 2 saturated carbocycles. The van der Waals surface area contributed by atoms with Gasteiger partial charge in [0.15, 0.2) is 23.6 Å². The van der Waals surface area contributed by atoms with Gasteiger partial charge in [0.1, 0.15) is 23.9 Å². The molecule has 1 amide bonds. The number of aliphatic hydroxyl groups excluding tert-OH is 2. The Morgan fingerprint density at radius 1 is 0.857 bits per heavy atom. The SMILES string of the molecule is CC(=O)OC1C(=O)[C@]2(C)C(O)CC3OC[C@@]3(OC(C)=O)C2C(OC(=O)c2ccccc2)C2(O)CC(OC(=O)C(O)[C@@H](NC(=O)c3ccccc3)c3ccc(Cl)cc3)C(C)=C1C2(C)C. The number of hydrogen-bond acceptors (Lipinski definition) is 14. The van der Waals surface area contributed by atoms with Gasteiger partial charge in [-0.15, -0.1) is 0 Å². The van der Waals surface area contributed by atoms with E-state index < -0.39 is 113 Å². The molecule has 1 saturated heterocycles. The fraction of sp³-hybridized carbons (Fsp3) is 0.447. The highest BCUT2D eigenvalue weighted by Gasteiger charge is 2.78. The first-order valence-electron chi connectivity index (χ1n) is 20.6. The smallest absolute Gasteiger partial charge is 0.338 e. The van der Waals surface area contributed by atoms with Gasteiger partial charge in [-0.1, -0.05) is 74.0 Å². The minimum Gasteiger partial charge on any atom is -0.456 e. The van der Waals surface area contributed by atoms with Crippen molar-refractivity contribution in [2.75, 3.05) is 6.61 Å². The number of esters is 4. The first kappa shape index (κ1) is 45.6. The minimum absolute atomic E-state index is 0.0171. The maximum absolute atomic E-state index is 15.5. The highest BCUT2D eigenvalue weighted by Crippen LogP contribution is 2.64. The number of ether oxygens (including phenoxy) is 5. The summed E-state index contributed by atoms with van der Waals surface area (Å²) >= 11 is 6.16. The second-order valence-electron chi connectivity index (χ2n) is 17.5. The number of fused-ring (bicyclic) bond motifs is 5. The van der Waals surface area contributed by atoms with Crippen LogP contribution in [-0.2, 0) is 42.9 Å². The van der Waals surface area contributed by atoms with Crippen molar-refractivity contribution in [3.63, 3.8) is 0 Å². The summed E-state index contributed by atoms with van der Waals surface area (Å²) in [7, 11) is 0. The number of aliphatic hydroxyl groups is 3. The van der Waals surface area contributed by atoms with E-state index in [1.165, 1.54) is 50.2 Å². The van der Waals surface area contributed by atoms with Crippen LogP contribution in [0.2, 0.25) is 5.02 Å². The molecule has 11 atom stereocenters. The van der Waals surface area contributed by atoms with E-state index in [0.29, 0.717) is 5.02 Å². The predicted octanol–water partition coefficient (Wildman–Crippen LogP) is 4.39. The highest BCUT2D eigenvalue weighted by atomic mass is 35.5. The third kappa shape index (κ3) is 7.73. The maximum Gasteiger partial charge on any atom is 0.338 e. The molecule has 0 spiro atoms. The lowest BCUT2D eigenvalue weighted by molar-refractivity contribution is -0.346. The molecular formula is C47H50ClNO14. The Kier molecular flexibility index (Phi) is 12.2. The summed E-state index contributed by atoms with van der Waals surface area (Å²) in [5.41, 5.74) is -7.21. The summed E-state index contributed by atoms with van der Waals surface area (Å²) in [6.45, 7) is 7.92. The van der Waals surface area contributed by atoms with Crippen molar-refractivity contribution >= 4 is 47.2 Å². The van der Waals surface area contributed by atoms with Crippen LogP contribution in [0.15, 0.2) is 96.1 Å². The van der Waals surface area contributed by atoms with Gasteiger partial charge in [-0.2, -0.15) is 0 Å². The lowest BCUT2D eigenvalue weighted by Crippen LogP contribution is -2.82. The number of nitrogens with one attached hydrogen (secondary N) is 1. The molecule has 0 radical (unpaired) electrons. The molecule has 8 unspecified atom stereocenters. The van der Waals surface area contributed by atoms with Gasteiger partial charge < -0.3 is 44.3 Å². The van der Waals surface area contributed by atoms with Gasteiger partial charge in [0.25, 0.3) is 5.91 Å². The Morgan fingerprint density at radius 3 is 2.02 bits per heavy atom. The van der Waals surface area contributed by atoms with E-state index in [2.05, 4.69) is 5.32 Å². The molecule has 7 rings (SSSR count). The molecule has 3 fully saturated rings. The maximum atomic E-state index is 15.5. The standard InChI is InChI=1S/C47H50ClNO14/c1-24-31(61-43(57)36(53)35(27-17-19-30(48)20-18-27)49-41(55)28-13-9-7-10-14-28)22-47(58)40(62-42(56)29-15-11-8-12-16-29)38-45(6,32(52)21-33-46(38,23-59-33)63-26(3)51)39(54)37(60-25(2)50)34(24)44(47,4)5/h7-20,31-33,35-38,40,52-53,58H,21-23H2,1-6H3,(H,49,55)/t31?,32?,33?,35-,36?,37?,38?,40?,45+,46-,47?/m0/s1. The molecule has 4 aliphatic rings. The highest BCUT2D eigenvalue weighted by molar-refractivity contribution is 6.30. The number of rotatable bonds is 10. The average molecular weight is 888 g/mol. The normalized spacial score (nSPS) is 31.6.